The second kappa shape index (κ2) is 7.47. The van der Waals surface area contributed by atoms with Gasteiger partial charge in [-0.1, -0.05) is 0 Å². The number of nitrogens with one attached hydrogen (secondary N) is 2. The van der Waals surface area contributed by atoms with Crippen LogP contribution in [0.15, 0.2) is 22.7 Å². The summed E-state index contributed by atoms with van der Waals surface area (Å²) in [5.74, 6) is -1.23. The smallest absolute Gasteiger partial charge is 0.326 e. The van der Waals surface area contributed by atoms with Gasteiger partial charge in [-0.05, 0) is 34.1 Å². The van der Waals surface area contributed by atoms with Gasteiger partial charge in [0.2, 0.25) is 0 Å². The molecule has 0 aliphatic carbocycles. The molecular formula is C12H12BrN3O4. The number of carboxylic acid groups (broad SMARTS) is 1. The van der Waals surface area contributed by atoms with Crippen molar-refractivity contribution in [3.63, 3.8) is 0 Å². The maximum absolute atomic E-state index is 11.7. The van der Waals surface area contributed by atoms with E-state index in [0.29, 0.717) is 15.7 Å². The van der Waals surface area contributed by atoms with Crippen molar-refractivity contribution in [1.82, 2.24) is 5.32 Å². The standard InChI is InChI=1S/C12H12BrN3O4/c13-8-5-7(6-14)1-2-9(8)15-12(20)16-10(3-4-17)11(18)19/h1-2,5,10,17H,3-4H2,(H,18,19)(H2,15,16,20)/t10-/m0/s1. The Morgan fingerprint density at radius 3 is 2.65 bits per heavy atom. The molecule has 1 atom stereocenters. The molecule has 0 aliphatic rings. The Morgan fingerprint density at radius 1 is 1.45 bits per heavy atom. The summed E-state index contributed by atoms with van der Waals surface area (Å²) in [4.78, 5) is 22.5. The van der Waals surface area contributed by atoms with Crippen molar-refractivity contribution in [3.05, 3.63) is 28.2 Å². The number of anilines is 1. The summed E-state index contributed by atoms with van der Waals surface area (Å²) in [6.45, 7) is -0.349. The minimum atomic E-state index is -1.23. The zero-order chi connectivity index (χ0) is 15.1. The van der Waals surface area contributed by atoms with Gasteiger partial charge in [0, 0.05) is 17.5 Å². The monoisotopic (exact) mass is 341 g/mol. The normalized spacial score (nSPS) is 11.2. The summed E-state index contributed by atoms with van der Waals surface area (Å²) >= 11 is 3.19. The number of carbonyl (C=O) groups is 2. The van der Waals surface area contributed by atoms with Crippen LogP contribution in [-0.2, 0) is 4.79 Å². The van der Waals surface area contributed by atoms with Crippen molar-refractivity contribution in [2.24, 2.45) is 0 Å². The van der Waals surface area contributed by atoms with Gasteiger partial charge in [-0.25, -0.2) is 9.59 Å². The van der Waals surface area contributed by atoms with E-state index >= 15 is 0 Å². The van der Waals surface area contributed by atoms with E-state index in [9.17, 15) is 9.59 Å². The largest absolute Gasteiger partial charge is 0.480 e. The molecule has 4 N–H and O–H groups in total. The van der Waals surface area contributed by atoms with Gasteiger partial charge in [0.05, 0.1) is 17.3 Å². The molecule has 0 saturated heterocycles. The van der Waals surface area contributed by atoms with E-state index in [-0.39, 0.29) is 13.0 Å². The second-order valence-corrected chi connectivity index (χ2v) is 4.66. The highest BCUT2D eigenvalue weighted by molar-refractivity contribution is 9.10. The van der Waals surface area contributed by atoms with Gasteiger partial charge in [-0.15, -0.1) is 0 Å². The van der Waals surface area contributed by atoms with Gasteiger partial charge in [0.25, 0.3) is 0 Å². The Kier molecular flexibility index (Phi) is 5.96. The molecule has 0 fully saturated rings. The van der Waals surface area contributed by atoms with Crippen LogP contribution in [0.1, 0.15) is 12.0 Å². The fraction of sp³-hybridized carbons (Fsp3) is 0.250. The number of carboxylic acids is 1. The highest BCUT2D eigenvalue weighted by Crippen LogP contribution is 2.23. The van der Waals surface area contributed by atoms with Gasteiger partial charge >= 0.3 is 12.0 Å². The summed E-state index contributed by atoms with van der Waals surface area (Å²) in [5, 5.41) is 31.0. The molecule has 2 amide bonds. The maximum atomic E-state index is 11.7. The van der Waals surface area contributed by atoms with Gasteiger partial charge in [0.1, 0.15) is 6.04 Å². The zero-order valence-corrected chi connectivity index (χ0v) is 11.8. The van der Waals surface area contributed by atoms with E-state index < -0.39 is 18.0 Å². The first-order valence-corrected chi connectivity index (χ1v) is 6.38. The van der Waals surface area contributed by atoms with Crippen LogP contribution >= 0.6 is 15.9 Å². The molecule has 1 aromatic carbocycles. The van der Waals surface area contributed by atoms with Crippen LogP contribution in [0.4, 0.5) is 10.5 Å². The van der Waals surface area contributed by atoms with Gasteiger partial charge in [0.15, 0.2) is 0 Å². The molecule has 20 heavy (non-hydrogen) atoms. The molecule has 0 unspecified atom stereocenters. The summed E-state index contributed by atoms with van der Waals surface area (Å²) in [5.41, 5.74) is 0.821. The first-order chi connectivity index (χ1) is 9.47. The van der Waals surface area contributed by atoms with Crippen molar-refractivity contribution in [2.45, 2.75) is 12.5 Å². The van der Waals surface area contributed by atoms with E-state index in [1.807, 2.05) is 6.07 Å². The van der Waals surface area contributed by atoms with E-state index in [2.05, 4.69) is 26.6 Å². The number of aliphatic hydroxyl groups excluding tert-OH is 1. The van der Waals surface area contributed by atoms with Crippen LogP contribution in [0.5, 0.6) is 0 Å². The Balaban J connectivity index is 2.71. The maximum Gasteiger partial charge on any atom is 0.326 e. The number of carbonyl (C=O) groups excluding carboxylic acids is 1. The molecule has 7 nitrogen and oxygen atoms in total. The van der Waals surface area contributed by atoms with Crippen molar-refractivity contribution >= 4 is 33.6 Å². The number of hydrogen-bond donors (Lipinski definition) is 4. The predicted molar refractivity (Wildman–Crippen MR) is 74.1 cm³/mol. The first kappa shape index (κ1) is 15.9. The Bertz CT molecular complexity index is 556. The number of aliphatic hydroxyl groups is 1. The summed E-state index contributed by atoms with van der Waals surface area (Å²) < 4.78 is 0.501. The van der Waals surface area contributed by atoms with Crippen LogP contribution in [0, 0.1) is 11.3 Å². The van der Waals surface area contributed by atoms with E-state index in [1.165, 1.54) is 18.2 Å². The van der Waals surface area contributed by atoms with E-state index in [4.69, 9.17) is 15.5 Å². The van der Waals surface area contributed by atoms with Crippen LogP contribution in [0.25, 0.3) is 0 Å². The molecule has 0 heterocycles. The number of amides is 2. The highest BCUT2D eigenvalue weighted by Gasteiger charge is 2.19. The quantitative estimate of drug-likeness (QED) is 0.642. The average Bonchev–Trinajstić information content (AvgIpc) is 2.40. The molecule has 106 valence electrons. The molecule has 1 rings (SSSR count). The number of hydrogen-bond acceptors (Lipinski definition) is 4. The third-order valence-corrected chi connectivity index (χ3v) is 3.02. The summed E-state index contributed by atoms with van der Waals surface area (Å²) in [6, 6.07) is 4.63. The van der Waals surface area contributed by atoms with Crippen LogP contribution < -0.4 is 10.6 Å². The molecule has 0 saturated carbocycles. The van der Waals surface area contributed by atoms with E-state index in [1.54, 1.807) is 0 Å². The molecule has 0 aromatic heterocycles. The minimum Gasteiger partial charge on any atom is -0.480 e. The number of halogens is 1. The minimum absolute atomic E-state index is 0.0860. The third-order valence-electron chi connectivity index (χ3n) is 2.37. The van der Waals surface area contributed by atoms with Crippen LogP contribution in [0.2, 0.25) is 0 Å². The molecule has 0 bridgehead atoms. The van der Waals surface area contributed by atoms with Crippen molar-refractivity contribution < 1.29 is 19.8 Å². The molecule has 1 aromatic rings. The second-order valence-electron chi connectivity index (χ2n) is 3.81. The van der Waals surface area contributed by atoms with Crippen LogP contribution in [0.3, 0.4) is 0 Å². The Labute approximate surface area is 123 Å². The number of benzene rings is 1. The fourth-order valence-electron chi connectivity index (χ4n) is 1.39. The number of nitrogens with zero attached hydrogens (tertiary/aromatic N) is 1. The lowest BCUT2D eigenvalue weighted by atomic mass is 10.2. The number of aliphatic carboxylic acids is 1. The van der Waals surface area contributed by atoms with Gasteiger partial charge < -0.3 is 20.8 Å². The number of nitriles is 1. The molecule has 0 radical (unpaired) electrons. The van der Waals surface area contributed by atoms with Crippen molar-refractivity contribution in [1.29, 1.82) is 5.26 Å². The van der Waals surface area contributed by atoms with Crippen LogP contribution in [-0.4, -0.2) is 34.9 Å². The predicted octanol–water partition coefficient (Wildman–Crippen LogP) is 1.28. The van der Waals surface area contributed by atoms with E-state index in [0.717, 1.165) is 0 Å². The van der Waals surface area contributed by atoms with Gasteiger partial charge in [-0.2, -0.15) is 5.26 Å². The highest BCUT2D eigenvalue weighted by atomic mass is 79.9. The Morgan fingerprint density at radius 2 is 2.15 bits per heavy atom. The SMILES string of the molecule is N#Cc1ccc(NC(=O)N[C@@H](CCO)C(=O)O)c(Br)c1. The summed E-state index contributed by atoms with van der Waals surface area (Å²) in [7, 11) is 0. The zero-order valence-electron chi connectivity index (χ0n) is 10.3. The number of rotatable bonds is 5. The lowest BCUT2D eigenvalue weighted by molar-refractivity contribution is -0.139. The molecular weight excluding hydrogens is 330 g/mol. The topological polar surface area (TPSA) is 122 Å². The van der Waals surface area contributed by atoms with Crippen molar-refractivity contribution in [3.8, 4) is 6.07 Å². The number of urea groups is 1. The third kappa shape index (κ3) is 4.53. The lowest BCUT2D eigenvalue weighted by Gasteiger charge is -2.14. The molecule has 0 spiro atoms. The van der Waals surface area contributed by atoms with Crippen molar-refractivity contribution in [2.75, 3.05) is 11.9 Å². The summed E-state index contributed by atoms with van der Waals surface area (Å²) in [6.07, 6.45) is -0.0860. The van der Waals surface area contributed by atoms with Gasteiger partial charge in [-0.3, -0.25) is 0 Å². The lowest BCUT2D eigenvalue weighted by Crippen LogP contribution is -2.43. The average molecular weight is 342 g/mol. The fourth-order valence-corrected chi connectivity index (χ4v) is 1.87. The molecule has 8 heteroatoms. The molecule has 0 aliphatic heterocycles. The first-order valence-electron chi connectivity index (χ1n) is 5.58. The Hall–Kier alpha value is -2.11.